The number of carbonyl (C=O) groups is 2. The third kappa shape index (κ3) is 4.99. The van der Waals surface area contributed by atoms with E-state index in [1.165, 1.54) is 0 Å². The summed E-state index contributed by atoms with van der Waals surface area (Å²) in [5.74, 6) is 0.0311. The van der Waals surface area contributed by atoms with Gasteiger partial charge in [-0.15, -0.1) is 5.10 Å². The number of aromatic amines is 1. The topological polar surface area (TPSA) is 99.8 Å². The smallest absolute Gasteiger partial charge is 0.291 e. The molecule has 0 bridgehead atoms. The van der Waals surface area contributed by atoms with Gasteiger partial charge in [0.25, 0.3) is 5.91 Å². The lowest BCUT2D eigenvalue weighted by Gasteiger charge is -2.23. The van der Waals surface area contributed by atoms with Crippen molar-refractivity contribution in [2.75, 3.05) is 0 Å². The number of rotatable bonds is 5. The molecule has 0 aliphatic rings. The Bertz CT molecular complexity index is 475. The Morgan fingerprint density at radius 3 is 2.55 bits per heavy atom. The average Bonchev–Trinajstić information content (AvgIpc) is 2.75. The van der Waals surface area contributed by atoms with Crippen molar-refractivity contribution in [1.29, 1.82) is 0 Å². The summed E-state index contributed by atoms with van der Waals surface area (Å²) in [6.45, 7) is 9.28. The molecule has 2 amide bonds. The number of aryl methyl sites for hydroxylation is 1. The lowest BCUT2D eigenvalue weighted by molar-refractivity contribution is -0.124. The monoisotopic (exact) mass is 281 g/mol. The fraction of sp³-hybridized carbons (Fsp3) is 0.692. The average molecular weight is 281 g/mol. The van der Waals surface area contributed by atoms with Gasteiger partial charge in [-0.05, 0) is 34.1 Å². The normalized spacial score (nSPS) is 12.8. The van der Waals surface area contributed by atoms with E-state index in [4.69, 9.17) is 0 Å². The second-order valence-corrected chi connectivity index (χ2v) is 5.79. The zero-order chi connectivity index (χ0) is 15.3. The highest BCUT2D eigenvalue weighted by Gasteiger charge is 2.22. The van der Waals surface area contributed by atoms with E-state index in [1.54, 1.807) is 6.92 Å². The van der Waals surface area contributed by atoms with Crippen LogP contribution < -0.4 is 10.6 Å². The Hall–Kier alpha value is -1.92. The minimum absolute atomic E-state index is 0.0591. The molecule has 0 aromatic carbocycles. The van der Waals surface area contributed by atoms with Crippen molar-refractivity contribution in [1.82, 2.24) is 25.8 Å². The third-order valence-electron chi connectivity index (χ3n) is 2.46. The first kappa shape index (κ1) is 16.1. The molecular formula is C13H23N5O2. The summed E-state index contributed by atoms with van der Waals surface area (Å²) in [6.07, 6.45) is 1.65. The molecule has 0 radical (unpaired) electrons. The first-order valence-electron chi connectivity index (χ1n) is 6.77. The first-order chi connectivity index (χ1) is 9.23. The van der Waals surface area contributed by atoms with E-state index in [9.17, 15) is 9.59 Å². The molecule has 3 N–H and O–H groups in total. The van der Waals surface area contributed by atoms with Crippen molar-refractivity contribution in [3.8, 4) is 0 Å². The van der Waals surface area contributed by atoms with Crippen LogP contribution in [0.25, 0.3) is 0 Å². The van der Waals surface area contributed by atoms with Crippen molar-refractivity contribution in [2.24, 2.45) is 0 Å². The number of nitrogens with zero attached hydrogens (tertiary/aromatic N) is 2. The van der Waals surface area contributed by atoms with Gasteiger partial charge in [-0.3, -0.25) is 14.7 Å². The summed E-state index contributed by atoms with van der Waals surface area (Å²) in [5.41, 5.74) is -0.338. The molecule has 7 heteroatoms. The SMILES string of the molecule is CCCc1nc(C(=O)NC(C)C(=O)NC(C)(C)C)n[nH]1. The molecule has 0 aliphatic heterocycles. The highest BCUT2D eigenvalue weighted by atomic mass is 16.2. The number of aromatic nitrogens is 3. The number of amides is 2. The zero-order valence-electron chi connectivity index (χ0n) is 12.7. The Morgan fingerprint density at radius 1 is 1.35 bits per heavy atom. The van der Waals surface area contributed by atoms with Gasteiger partial charge in [0.05, 0.1) is 0 Å². The Labute approximate surface area is 118 Å². The Balaban J connectivity index is 2.58. The van der Waals surface area contributed by atoms with Gasteiger partial charge in [-0.25, -0.2) is 4.98 Å². The summed E-state index contributed by atoms with van der Waals surface area (Å²) in [5, 5.41) is 11.9. The zero-order valence-corrected chi connectivity index (χ0v) is 12.7. The third-order valence-corrected chi connectivity index (χ3v) is 2.46. The largest absolute Gasteiger partial charge is 0.350 e. The molecular weight excluding hydrogens is 258 g/mol. The van der Waals surface area contributed by atoms with Gasteiger partial charge in [-0.2, -0.15) is 0 Å². The van der Waals surface area contributed by atoms with Crippen LogP contribution >= 0.6 is 0 Å². The maximum atomic E-state index is 11.9. The lowest BCUT2D eigenvalue weighted by atomic mass is 10.1. The quantitative estimate of drug-likeness (QED) is 0.743. The molecule has 0 saturated heterocycles. The molecule has 0 spiro atoms. The van der Waals surface area contributed by atoms with Crippen LogP contribution in [0.2, 0.25) is 0 Å². The number of carbonyl (C=O) groups excluding carboxylic acids is 2. The first-order valence-corrected chi connectivity index (χ1v) is 6.77. The minimum atomic E-state index is -0.644. The molecule has 1 atom stereocenters. The van der Waals surface area contributed by atoms with Gasteiger partial charge in [0.1, 0.15) is 11.9 Å². The van der Waals surface area contributed by atoms with Crippen molar-refractivity contribution in [3.05, 3.63) is 11.6 Å². The van der Waals surface area contributed by atoms with Crippen LogP contribution in [0.1, 0.15) is 57.5 Å². The predicted molar refractivity (Wildman–Crippen MR) is 75.2 cm³/mol. The van der Waals surface area contributed by atoms with Gasteiger partial charge in [0.2, 0.25) is 11.7 Å². The van der Waals surface area contributed by atoms with Gasteiger partial charge < -0.3 is 10.6 Å². The number of H-pyrrole nitrogens is 1. The van der Waals surface area contributed by atoms with Gasteiger partial charge >= 0.3 is 0 Å². The standard InChI is InChI=1S/C13H23N5O2/c1-6-7-9-15-10(18-17-9)12(20)14-8(2)11(19)16-13(3,4)5/h8H,6-7H2,1-5H3,(H,14,20)(H,16,19)(H,15,17,18). The second kappa shape index (κ2) is 6.49. The van der Waals surface area contributed by atoms with E-state index in [1.807, 2.05) is 27.7 Å². The number of hydrogen-bond donors (Lipinski definition) is 3. The van der Waals surface area contributed by atoms with E-state index in [2.05, 4.69) is 25.8 Å². The van der Waals surface area contributed by atoms with Crippen LogP contribution in [-0.2, 0) is 11.2 Å². The van der Waals surface area contributed by atoms with E-state index in [-0.39, 0.29) is 17.3 Å². The van der Waals surface area contributed by atoms with E-state index in [0.29, 0.717) is 5.82 Å². The fourth-order valence-electron chi connectivity index (χ4n) is 1.55. The summed E-state index contributed by atoms with van der Waals surface area (Å²) in [6, 6.07) is -0.644. The molecule has 1 aromatic rings. The van der Waals surface area contributed by atoms with Crippen LogP contribution in [0.4, 0.5) is 0 Å². The molecule has 1 aromatic heterocycles. The highest BCUT2D eigenvalue weighted by molar-refractivity contribution is 5.94. The van der Waals surface area contributed by atoms with Crippen LogP contribution in [-0.4, -0.2) is 38.6 Å². The predicted octanol–water partition coefficient (Wildman–Crippen LogP) is 0.790. The van der Waals surface area contributed by atoms with Gasteiger partial charge in [0.15, 0.2) is 0 Å². The van der Waals surface area contributed by atoms with E-state index in [0.717, 1.165) is 12.8 Å². The van der Waals surface area contributed by atoms with Crippen molar-refractivity contribution in [3.63, 3.8) is 0 Å². The van der Waals surface area contributed by atoms with E-state index >= 15 is 0 Å². The van der Waals surface area contributed by atoms with Crippen LogP contribution in [0, 0.1) is 0 Å². The van der Waals surface area contributed by atoms with Gasteiger partial charge in [0, 0.05) is 12.0 Å². The number of hydrogen-bond acceptors (Lipinski definition) is 4. The molecule has 112 valence electrons. The molecule has 0 saturated carbocycles. The Morgan fingerprint density at radius 2 is 2.00 bits per heavy atom. The van der Waals surface area contributed by atoms with Gasteiger partial charge in [-0.1, -0.05) is 6.92 Å². The van der Waals surface area contributed by atoms with Crippen LogP contribution in [0.15, 0.2) is 0 Å². The van der Waals surface area contributed by atoms with Crippen molar-refractivity contribution >= 4 is 11.8 Å². The van der Waals surface area contributed by atoms with Crippen LogP contribution in [0.5, 0.6) is 0 Å². The summed E-state index contributed by atoms with van der Waals surface area (Å²) in [4.78, 5) is 27.8. The fourth-order valence-corrected chi connectivity index (χ4v) is 1.55. The molecule has 0 fully saturated rings. The second-order valence-electron chi connectivity index (χ2n) is 5.79. The van der Waals surface area contributed by atoms with Crippen molar-refractivity contribution in [2.45, 2.75) is 59.0 Å². The summed E-state index contributed by atoms with van der Waals surface area (Å²) in [7, 11) is 0. The van der Waals surface area contributed by atoms with E-state index < -0.39 is 11.9 Å². The number of nitrogens with one attached hydrogen (secondary N) is 3. The lowest BCUT2D eigenvalue weighted by Crippen LogP contribution is -2.51. The maximum Gasteiger partial charge on any atom is 0.291 e. The summed E-state index contributed by atoms with van der Waals surface area (Å²) >= 11 is 0. The Kier molecular flexibility index (Phi) is 5.24. The molecule has 1 heterocycles. The molecule has 7 nitrogen and oxygen atoms in total. The highest BCUT2D eigenvalue weighted by Crippen LogP contribution is 2.00. The molecule has 0 aliphatic carbocycles. The molecule has 1 unspecified atom stereocenters. The van der Waals surface area contributed by atoms with Crippen molar-refractivity contribution < 1.29 is 9.59 Å². The molecule has 1 rings (SSSR count). The summed E-state index contributed by atoms with van der Waals surface area (Å²) < 4.78 is 0. The molecule has 20 heavy (non-hydrogen) atoms. The maximum absolute atomic E-state index is 11.9. The minimum Gasteiger partial charge on any atom is -0.350 e. The van der Waals surface area contributed by atoms with Crippen LogP contribution in [0.3, 0.4) is 0 Å².